The van der Waals surface area contributed by atoms with Crippen molar-refractivity contribution in [3.05, 3.63) is 41.9 Å². The van der Waals surface area contributed by atoms with Gasteiger partial charge >= 0.3 is 6.09 Å². The Hall–Kier alpha value is -3.60. The molecule has 0 saturated carbocycles. The number of fused-ring (bicyclic) bond motifs is 1. The molecule has 8 heteroatoms. The van der Waals surface area contributed by atoms with Crippen LogP contribution in [-0.4, -0.2) is 50.8 Å². The van der Waals surface area contributed by atoms with Crippen LogP contribution < -0.4 is 4.74 Å². The minimum Gasteiger partial charge on any atom is -0.493 e. The Bertz CT molecular complexity index is 1210. The Morgan fingerprint density at radius 3 is 2.66 bits per heavy atom. The first-order valence-corrected chi connectivity index (χ1v) is 10.6. The van der Waals surface area contributed by atoms with E-state index in [2.05, 4.69) is 9.97 Å². The highest BCUT2D eigenvalue weighted by atomic mass is 16.6. The highest BCUT2D eigenvalue weighted by Gasteiger charge is 2.34. The van der Waals surface area contributed by atoms with Gasteiger partial charge in [0.15, 0.2) is 0 Å². The Morgan fingerprint density at radius 1 is 1.25 bits per heavy atom. The first-order chi connectivity index (χ1) is 15.1. The van der Waals surface area contributed by atoms with Crippen molar-refractivity contribution in [1.82, 2.24) is 19.4 Å². The zero-order chi connectivity index (χ0) is 23.0. The van der Waals surface area contributed by atoms with Gasteiger partial charge in [0, 0.05) is 43.2 Å². The molecule has 2 aromatic heterocycles. The van der Waals surface area contributed by atoms with E-state index in [1.54, 1.807) is 4.90 Å². The Labute approximate surface area is 187 Å². The summed E-state index contributed by atoms with van der Waals surface area (Å²) < 4.78 is 13.3. The first-order valence-electron chi connectivity index (χ1n) is 10.6. The lowest BCUT2D eigenvalue weighted by Crippen LogP contribution is -2.53. The molecule has 32 heavy (non-hydrogen) atoms. The number of amides is 1. The number of benzene rings is 1. The van der Waals surface area contributed by atoms with Gasteiger partial charge in [-0.3, -0.25) is 0 Å². The van der Waals surface area contributed by atoms with E-state index in [4.69, 9.17) is 9.47 Å². The van der Waals surface area contributed by atoms with Crippen LogP contribution in [0.5, 0.6) is 5.75 Å². The number of nitrogens with zero attached hydrogens (tertiary/aromatic N) is 5. The molecule has 1 aliphatic rings. The van der Waals surface area contributed by atoms with Crippen molar-refractivity contribution >= 4 is 17.1 Å². The van der Waals surface area contributed by atoms with Gasteiger partial charge in [0.2, 0.25) is 5.82 Å². The van der Waals surface area contributed by atoms with Crippen molar-refractivity contribution in [2.45, 2.75) is 33.3 Å². The molecule has 0 radical (unpaired) electrons. The molecule has 0 spiro atoms. The smallest absolute Gasteiger partial charge is 0.410 e. The number of nitriles is 1. The van der Waals surface area contributed by atoms with Gasteiger partial charge in [-0.25, -0.2) is 14.8 Å². The van der Waals surface area contributed by atoms with Crippen LogP contribution in [0.25, 0.3) is 22.3 Å². The number of ether oxygens (including phenoxy) is 2. The van der Waals surface area contributed by atoms with Gasteiger partial charge in [0.25, 0.3) is 0 Å². The Kier molecular flexibility index (Phi) is 5.51. The molecule has 0 aliphatic carbocycles. The van der Waals surface area contributed by atoms with Crippen LogP contribution in [0.2, 0.25) is 0 Å². The molecule has 4 rings (SSSR count). The van der Waals surface area contributed by atoms with E-state index in [9.17, 15) is 10.1 Å². The van der Waals surface area contributed by atoms with E-state index in [0.29, 0.717) is 19.7 Å². The van der Waals surface area contributed by atoms with Crippen molar-refractivity contribution < 1.29 is 14.3 Å². The monoisotopic (exact) mass is 433 g/mol. The predicted octanol–water partition coefficient (Wildman–Crippen LogP) is 4.06. The molecule has 1 saturated heterocycles. The number of hydrogen-bond acceptors (Lipinski definition) is 6. The lowest BCUT2D eigenvalue weighted by Gasteiger charge is -2.39. The SMILES string of the molecule is Cc1cc(-c2nc(C#N)nc3c2ccn3C)ccc1OCC1CN(C(=O)OC(C)(C)C)C1. The van der Waals surface area contributed by atoms with E-state index >= 15 is 0 Å². The van der Waals surface area contributed by atoms with Gasteiger partial charge < -0.3 is 18.9 Å². The topological polar surface area (TPSA) is 93.3 Å². The van der Waals surface area contributed by atoms with Crippen molar-refractivity contribution in [2.75, 3.05) is 19.7 Å². The van der Waals surface area contributed by atoms with Crippen LogP contribution in [0.1, 0.15) is 32.2 Å². The molecule has 1 aliphatic heterocycles. The van der Waals surface area contributed by atoms with E-state index in [1.165, 1.54) is 0 Å². The third kappa shape index (κ3) is 4.37. The molecule has 1 fully saturated rings. The molecule has 0 N–H and O–H groups in total. The zero-order valence-corrected chi connectivity index (χ0v) is 19.0. The van der Waals surface area contributed by atoms with Gasteiger partial charge in [-0.15, -0.1) is 0 Å². The summed E-state index contributed by atoms with van der Waals surface area (Å²) in [4.78, 5) is 22.5. The number of likely N-dealkylation sites (tertiary alicyclic amines) is 1. The normalized spacial score (nSPS) is 14.2. The van der Waals surface area contributed by atoms with Crippen LogP contribution in [0, 0.1) is 24.2 Å². The maximum Gasteiger partial charge on any atom is 0.410 e. The van der Waals surface area contributed by atoms with E-state index in [1.807, 2.05) is 75.8 Å². The molecule has 3 aromatic rings. The van der Waals surface area contributed by atoms with Crippen molar-refractivity contribution in [1.29, 1.82) is 5.26 Å². The van der Waals surface area contributed by atoms with Crippen LogP contribution in [0.4, 0.5) is 4.79 Å². The van der Waals surface area contributed by atoms with Gasteiger partial charge in [-0.1, -0.05) is 0 Å². The molecular formula is C24H27N5O3. The number of carbonyl (C=O) groups is 1. The third-order valence-corrected chi connectivity index (χ3v) is 5.36. The zero-order valence-electron chi connectivity index (χ0n) is 19.0. The molecule has 0 unspecified atom stereocenters. The maximum atomic E-state index is 12.1. The number of carbonyl (C=O) groups excluding carboxylic acids is 1. The van der Waals surface area contributed by atoms with E-state index < -0.39 is 5.60 Å². The summed E-state index contributed by atoms with van der Waals surface area (Å²) in [6, 6.07) is 9.89. The standard InChI is InChI=1S/C24H27N5O3/c1-15-10-17(21-18-8-9-28(5)22(18)27-20(11-25)26-21)6-7-19(15)31-14-16-12-29(13-16)23(30)32-24(2,3)4/h6-10,16H,12-14H2,1-5H3. The number of aromatic nitrogens is 3. The number of rotatable bonds is 4. The third-order valence-electron chi connectivity index (χ3n) is 5.36. The predicted molar refractivity (Wildman–Crippen MR) is 120 cm³/mol. The quantitative estimate of drug-likeness (QED) is 0.616. The van der Waals surface area contributed by atoms with Crippen molar-refractivity contribution in [3.8, 4) is 23.1 Å². The highest BCUT2D eigenvalue weighted by molar-refractivity contribution is 5.91. The molecule has 8 nitrogen and oxygen atoms in total. The summed E-state index contributed by atoms with van der Waals surface area (Å²) in [5.41, 5.74) is 2.86. The molecule has 0 atom stereocenters. The second kappa shape index (κ2) is 8.15. The lowest BCUT2D eigenvalue weighted by atomic mass is 10.0. The van der Waals surface area contributed by atoms with Crippen molar-refractivity contribution in [3.63, 3.8) is 0 Å². The fourth-order valence-electron chi connectivity index (χ4n) is 3.72. The first kappa shape index (κ1) is 21.6. The molecule has 1 amide bonds. The summed E-state index contributed by atoms with van der Waals surface area (Å²) in [6.07, 6.45) is 1.64. The van der Waals surface area contributed by atoms with Crippen molar-refractivity contribution in [2.24, 2.45) is 13.0 Å². The largest absolute Gasteiger partial charge is 0.493 e. The summed E-state index contributed by atoms with van der Waals surface area (Å²) in [5.74, 6) is 1.22. The molecular weight excluding hydrogens is 406 g/mol. The maximum absolute atomic E-state index is 12.1. The summed E-state index contributed by atoms with van der Waals surface area (Å²) >= 11 is 0. The minimum atomic E-state index is -0.486. The average molecular weight is 434 g/mol. The Morgan fingerprint density at radius 2 is 2.00 bits per heavy atom. The molecule has 166 valence electrons. The minimum absolute atomic E-state index is 0.145. The van der Waals surface area contributed by atoms with Gasteiger partial charge in [0.05, 0.1) is 12.3 Å². The lowest BCUT2D eigenvalue weighted by molar-refractivity contribution is -0.00786. The summed E-state index contributed by atoms with van der Waals surface area (Å²) in [5, 5.41) is 10.2. The average Bonchev–Trinajstić information content (AvgIpc) is 3.06. The number of aryl methyl sites for hydroxylation is 2. The molecule has 1 aromatic carbocycles. The van der Waals surface area contributed by atoms with E-state index in [0.717, 1.165) is 33.6 Å². The fraction of sp³-hybridized carbons (Fsp3) is 0.417. The molecule has 0 bridgehead atoms. The summed E-state index contributed by atoms with van der Waals surface area (Å²) in [6.45, 7) is 9.39. The van der Waals surface area contributed by atoms with Crippen LogP contribution in [0.3, 0.4) is 0 Å². The summed E-state index contributed by atoms with van der Waals surface area (Å²) in [7, 11) is 1.90. The number of hydrogen-bond donors (Lipinski definition) is 0. The van der Waals surface area contributed by atoms with E-state index in [-0.39, 0.29) is 17.8 Å². The van der Waals surface area contributed by atoms with Crippen LogP contribution >= 0.6 is 0 Å². The second-order valence-corrected chi connectivity index (χ2v) is 9.21. The highest BCUT2D eigenvalue weighted by Crippen LogP contribution is 2.31. The van der Waals surface area contributed by atoms with Gasteiger partial charge in [-0.05, 0) is 57.5 Å². The van der Waals surface area contributed by atoms with Crippen LogP contribution in [-0.2, 0) is 11.8 Å². The molecule has 3 heterocycles. The van der Waals surface area contributed by atoms with Gasteiger partial charge in [-0.2, -0.15) is 5.26 Å². The van der Waals surface area contributed by atoms with Crippen LogP contribution in [0.15, 0.2) is 30.5 Å². The Balaban J connectivity index is 1.43. The van der Waals surface area contributed by atoms with Gasteiger partial charge in [0.1, 0.15) is 23.1 Å². The fourth-order valence-corrected chi connectivity index (χ4v) is 3.72. The second-order valence-electron chi connectivity index (χ2n) is 9.21.